The van der Waals surface area contributed by atoms with Gasteiger partial charge in [0.15, 0.2) is 0 Å². The van der Waals surface area contributed by atoms with Crippen LogP contribution in [0.4, 0.5) is 30.6 Å². The van der Waals surface area contributed by atoms with Crippen molar-refractivity contribution >= 4 is 17.5 Å². The van der Waals surface area contributed by atoms with Crippen molar-refractivity contribution in [3.05, 3.63) is 17.5 Å². The summed E-state index contributed by atoms with van der Waals surface area (Å²) in [4.78, 5) is 8.51. The second kappa shape index (κ2) is 6.17. The number of alkyl halides is 3. The molecule has 0 saturated heterocycles. The third kappa shape index (κ3) is 3.52. The van der Waals surface area contributed by atoms with Crippen LogP contribution in [0.25, 0.3) is 0 Å². The quantitative estimate of drug-likeness (QED) is 0.830. The number of rotatable bonds is 1. The van der Waals surface area contributed by atoms with E-state index in [1.54, 1.807) is 13.1 Å². The third-order valence-electron chi connectivity index (χ3n) is 3.56. The first kappa shape index (κ1) is 16.3. The molecule has 2 aromatic heterocycles. The summed E-state index contributed by atoms with van der Waals surface area (Å²) in [5.41, 5.74) is 1.53. The van der Waals surface area contributed by atoms with Crippen LogP contribution in [-0.2, 0) is 6.54 Å². The lowest BCUT2D eigenvalue weighted by Gasteiger charge is -2.10. The summed E-state index contributed by atoms with van der Waals surface area (Å²) in [5, 5.41) is 10.0. The van der Waals surface area contributed by atoms with Gasteiger partial charge in [0.05, 0.1) is 12.3 Å². The number of hydrogen-bond acceptors (Lipinski definition) is 6. The van der Waals surface area contributed by atoms with Crippen LogP contribution in [0.2, 0.25) is 0 Å². The van der Waals surface area contributed by atoms with Crippen LogP contribution in [0.15, 0.2) is 6.20 Å². The molecule has 0 spiro atoms. The number of nitrogens with zero attached hydrogens (tertiary/aromatic N) is 4. The van der Waals surface area contributed by atoms with E-state index in [9.17, 15) is 13.2 Å². The molecular formula is C14H17F3N6O. The first-order chi connectivity index (χ1) is 11.3. The number of aromatic nitrogens is 4. The lowest BCUT2D eigenvalue weighted by Crippen LogP contribution is -2.19. The summed E-state index contributed by atoms with van der Waals surface area (Å²) in [5.74, 6) is 1.06. The van der Waals surface area contributed by atoms with Crippen LogP contribution in [0.3, 0.4) is 0 Å². The monoisotopic (exact) mass is 342 g/mol. The van der Waals surface area contributed by atoms with Gasteiger partial charge < -0.3 is 15.4 Å². The Morgan fingerprint density at radius 2 is 2.12 bits per heavy atom. The minimum Gasteiger partial charge on any atom is -0.475 e. The molecule has 0 fully saturated rings. The topological polar surface area (TPSA) is 76.9 Å². The number of halogens is 3. The molecule has 3 rings (SSSR count). The molecule has 10 heteroatoms. The van der Waals surface area contributed by atoms with Crippen molar-refractivity contribution in [2.75, 3.05) is 23.8 Å². The molecule has 0 saturated carbocycles. The normalized spacial score (nSPS) is 14.7. The molecule has 3 heterocycles. The summed E-state index contributed by atoms with van der Waals surface area (Å²) in [6, 6.07) is 0. The molecule has 1 aliphatic heterocycles. The van der Waals surface area contributed by atoms with Gasteiger partial charge in [0, 0.05) is 18.3 Å². The predicted molar refractivity (Wildman–Crippen MR) is 81.7 cm³/mol. The van der Waals surface area contributed by atoms with E-state index in [0.29, 0.717) is 36.8 Å². The smallest absolute Gasteiger partial charge is 0.408 e. The second-order valence-electron chi connectivity index (χ2n) is 5.52. The van der Waals surface area contributed by atoms with Crippen LogP contribution >= 0.6 is 0 Å². The van der Waals surface area contributed by atoms with E-state index in [1.165, 1.54) is 0 Å². The number of aryl methyl sites for hydroxylation is 1. The Bertz CT molecular complexity index is 743. The highest BCUT2D eigenvalue weighted by Gasteiger charge is 2.31. The number of fused-ring (bicyclic) bond motifs is 3. The summed E-state index contributed by atoms with van der Waals surface area (Å²) in [7, 11) is 0. The van der Waals surface area contributed by atoms with Gasteiger partial charge in [0.25, 0.3) is 5.88 Å². The minimum absolute atomic E-state index is 0.115. The van der Waals surface area contributed by atoms with Crippen LogP contribution in [0.1, 0.15) is 17.7 Å². The Balaban J connectivity index is 2.00. The van der Waals surface area contributed by atoms with Crippen molar-refractivity contribution in [2.24, 2.45) is 0 Å². The van der Waals surface area contributed by atoms with E-state index in [0.717, 1.165) is 10.2 Å². The summed E-state index contributed by atoms with van der Waals surface area (Å²) in [6.45, 7) is 3.18. The van der Waals surface area contributed by atoms with Crippen molar-refractivity contribution in [3.8, 4) is 5.88 Å². The number of hydrogen-bond donors (Lipinski definition) is 2. The predicted octanol–water partition coefficient (Wildman–Crippen LogP) is 2.79. The Kier molecular flexibility index (Phi) is 4.20. The average Bonchev–Trinajstić information content (AvgIpc) is 2.75. The minimum atomic E-state index is -4.37. The molecule has 1 aliphatic rings. The van der Waals surface area contributed by atoms with Gasteiger partial charge in [-0.2, -0.15) is 18.2 Å². The highest BCUT2D eigenvalue weighted by Crippen LogP contribution is 2.32. The van der Waals surface area contributed by atoms with Gasteiger partial charge in [-0.15, -0.1) is 5.10 Å². The highest BCUT2D eigenvalue weighted by molar-refractivity contribution is 5.64. The lowest BCUT2D eigenvalue weighted by molar-refractivity contribution is -0.143. The fourth-order valence-corrected chi connectivity index (χ4v) is 2.33. The summed E-state index contributed by atoms with van der Waals surface area (Å²) < 4.78 is 44.5. The Morgan fingerprint density at radius 1 is 1.33 bits per heavy atom. The van der Waals surface area contributed by atoms with Crippen molar-refractivity contribution < 1.29 is 17.9 Å². The molecule has 7 nitrogen and oxygen atoms in total. The highest BCUT2D eigenvalue weighted by atomic mass is 19.4. The summed E-state index contributed by atoms with van der Waals surface area (Å²) in [6.07, 6.45) is -2.07. The van der Waals surface area contributed by atoms with Crippen LogP contribution in [-0.4, -0.2) is 39.1 Å². The maximum atomic E-state index is 12.7. The van der Waals surface area contributed by atoms with Gasteiger partial charge in [-0.1, -0.05) is 0 Å². The molecule has 0 aromatic carbocycles. The van der Waals surface area contributed by atoms with E-state index in [2.05, 4.69) is 25.7 Å². The van der Waals surface area contributed by atoms with Crippen LogP contribution in [0.5, 0.6) is 5.88 Å². The van der Waals surface area contributed by atoms with E-state index >= 15 is 0 Å². The van der Waals surface area contributed by atoms with Gasteiger partial charge in [-0.25, -0.2) is 4.98 Å². The van der Waals surface area contributed by atoms with Gasteiger partial charge in [-0.3, -0.25) is 4.68 Å². The first-order valence-electron chi connectivity index (χ1n) is 7.45. The lowest BCUT2D eigenvalue weighted by atomic mass is 10.3. The number of nitrogens with one attached hydrogen (secondary N) is 2. The first-order valence-corrected chi connectivity index (χ1v) is 7.45. The number of anilines is 3. The zero-order chi connectivity index (χ0) is 17.3. The van der Waals surface area contributed by atoms with Crippen molar-refractivity contribution in [1.29, 1.82) is 0 Å². The maximum Gasteiger partial charge on any atom is 0.408 e. The Hall–Kier alpha value is -2.52. The van der Waals surface area contributed by atoms with Gasteiger partial charge in [0.2, 0.25) is 5.95 Å². The Labute approximate surface area is 136 Å². The molecule has 0 amide bonds. The fraction of sp³-hybridized carbons (Fsp3) is 0.500. The second-order valence-corrected chi connectivity index (χ2v) is 5.52. The fourth-order valence-electron chi connectivity index (χ4n) is 2.33. The van der Waals surface area contributed by atoms with Crippen LogP contribution < -0.4 is 15.4 Å². The molecule has 0 radical (unpaired) electrons. The number of ether oxygens (including phenoxy) is 1. The standard InChI is InChI=1S/C14H17F3N6O/c1-8-6-19-13-20-10-9(2)23(7-14(15,16)17)22-12(10)24-5-3-4-18-11(8)21-13/h6H,3-5,7H2,1-2H3,(H2,18,19,20,21). The molecule has 0 atom stereocenters. The van der Waals surface area contributed by atoms with Gasteiger partial charge in [-0.05, 0) is 20.3 Å². The van der Waals surface area contributed by atoms with Crippen molar-refractivity contribution in [1.82, 2.24) is 19.7 Å². The molecule has 2 N–H and O–H groups in total. The largest absolute Gasteiger partial charge is 0.475 e. The molecule has 2 bridgehead atoms. The van der Waals surface area contributed by atoms with E-state index in [1.807, 2.05) is 6.92 Å². The van der Waals surface area contributed by atoms with E-state index < -0.39 is 12.7 Å². The molecule has 0 aliphatic carbocycles. The van der Waals surface area contributed by atoms with Gasteiger partial charge >= 0.3 is 6.18 Å². The molecule has 0 unspecified atom stereocenters. The maximum absolute atomic E-state index is 12.7. The van der Waals surface area contributed by atoms with Crippen LogP contribution in [0, 0.1) is 13.8 Å². The molecule has 24 heavy (non-hydrogen) atoms. The molecule has 2 aromatic rings. The SMILES string of the molecule is Cc1cnc2nc1NCCCOc1nn(CC(F)(F)F)c(C)c1N2. The summed E-state index contributed by atoms with van der Waals surface area (Å²) >= 11 is 0. The third-order valence-corrected chi connectivity index (χ3v) is 3.56. The zero-order valence-electron chi connectivity index (χ0n) is 13.2. The average molecular weight is 342 g/mol. The van der Waals surface area contributed by atoms with E-state index in [4.69, 9.17) is 4.74 Å². The molecule has 130 valence electrons. The zero-order valence-corrected chi connectivity index (χ0v) is 13.2. The van der Waals surface area contributed by atoms with Gasteiger partial charge in [0.1, 0.15) is 18.1 Å². The van der Waals surface area contributed by atoms with E-state index in [-0.39, 0.29) is 11.8 Å². The molecular weight excluding hydrogens is 325 g/mol. The van der Waals surface area contributed by atoms with Crippen molar-refractivity contribution in [3.63, 3.8) is 0 Å². The Morgan fingerprint density at radius 3 is 2.88 bits per heavy atom. The van der Waals surface area contributed by atoms with Crippen molar-refractivity contribution in [2.45, 2.75) is 33.0 Å².